The third kappa shape index (κ3) is 10.2. The molecule has 2 N–H and O–H groups in total. The van der Waals surface area contributed by atoms with Gasteiger partial charge in [-0.2, -0.15) is 0 Å². The maximum atomic E-state index is 13.1. The van der Waals surface area contributed by atoms with E-state index < -0.39 is 47.6 Å². The van der Waals surface area contributed by atoms with Crippen LogP contribution in [0.2, 0.25) is 0 Å². The number of carbonyl (C=O) groups excluding carboxylic acids is 4. The molecule has 2 aromatic carbocycles. The first-order chi connectivity index (χ1) is 16.7. The molecule has 1 atom stereocenters. The van der Waals surface area contributed by atoms with Crippen molar-refractivity contribution in [2.75, 3.05) is 5.32 Å². The van der Waals surface area contributed by atoms with Crippen LogP contribution >= 0.6 is 0 Å². The third-order valence-corrected chi connectivity index (χ3v) is 4.42. The van der Waals surface area contributed by atoms with Crippen LogP contribution in [0.15, 0.2) is 54.6 Å². The Morgan fingerprint density at radius 2 is 1.39 bits per heavy atom. The van der Waals surface area contributed by atoms with Gasteiger partial charge in [0.1, 0.15) is 23.9 Å². The zero-order valence-electron chi connectivity index (χ0n) is 21.5. The molecule has 0 aliphatic rings. The zero-order chi connectivity index (χ0) is 26.9. The molecule has 0 heterocycles. The Balaban J connectivity index is 2.18. The minimum atomic E-state index is -1.32. The molecule has 0 spiro atoms. The van der Waals surface area contributed by atoms with Crippen LogP contribution in [0.5, 0.6) is 0 Å². The van der Waals surface area contributed by atoms with Crippen LogP contribution < -0.4 is 10.6 Å². The molecule has 9 nitrogen and oxygen atoms in total. The van der Waals surface area contributed by atoms with E-state index in [9.17, 15) is 19.2 Å². The van der Waals surface area contributed by atoms with E-state index in [1.807, 2.05) is 6.07 Å². The Morgan fingerprint density at radius 1 is 0.806 bits per heavy atom. The summed E-state index contributed by atoms with van der Waals surface area (Å²) in [5.41, 5.74) is -0.465. The summed E-state index contributed by atoms with van der Waals surface area (Å²) in [6.45, 7) is 10.3. The van der Waals surface area contributed by atoms with Gasteiger partial charge in [0.15, 0.2) is 0 Å². The number of carbonyl (C=O) groups is 4. The second-order valence-corrected chi connectivity index (χ2v) is 10.1. The first-order valence-corrected chi connectivity index (χ1v) is 11.6. The first-order valence-electron chi connectivity index (χ1n) is 11.6. The molecular weight excluding hydrogens is 464 g/mol. The van der Waals surface area contributed by atoms with Crippen LogP contribution in [-0.2, 0) is 30.4 Å². The number of para-hydroxylation sites is 1. The lowest BCUT2D eigenvalue weighted by atomic mass is 10.1. The van der Waals surface area contributed by atoms with Crippen molar-refractivity contribution >= 4 is 29.6 Å². The highest BCUT2D eigenvalue weighted by Crippen LogP contribution is 2.20. The normalized spacial score (nSPS) is 12.2. The summed E-state index contributed by atoms with van der Waals surface area (Å²) in [7, 11) is 0. The number of amides is 2. The van der Waals surface area contributed by atoms with Gasteiger partial charge in [-0.15, -0.1) is 0 Å². The number of esters is 2. The van der Waals surface area contributed by atoms with Crippen LogP contribution in [0.4, 0.5) is 10.5 Å². The van der Waals surface area contributed by atoms with Crippen molar-refractivity contribution in [3.63, 3.8) is 0 Å². The molecule has 1 unspecified atom stereocenters. The highest BCUT2D eigenvalue weighted by molar-refractivity contribution is 6.04. The Bertz CT molecular complexity index is 1070. The molecule has 2 aromatic rings. The molecule has 194 valence electrons. The molecule has 0 aromatic heterocycles. The number of ether oxygens (including phenoxy) is 3. The predicted octanol–water partition coefficient (Wildman–Crippen LogP) is 4.61. The minimum Gasteiger partial charge on any atom is -0.460 e. The average Bonchev–Trinajstić information content (AvgIpc) is 2.76. The van der Waals surface area contributed by atoms with Gasteiger partial charge in [-0.1, -0.05) is 42.5 Å². The van der Waals surface area contributed by atoms with E-state index in [1.54, 1.807) is 77.9 Å². The van der Waals surface area contributed by atoms with Gasteiger partial charge in [0.25, 0.3) is 0 Å². The fourth-order valence-corrected chi connectivity index (χ4v) is 2.99. The van der Waals surface area contributed by atoms with E-state index in [4.69, 9.17) is 14.2 Å². The Hall–Kier alpha value is -3.88. The second-order valence-electron chi connectivity index (χ2n) is 10.1. The summed E-state index contributed by atoms with van der Waals surface area (Å²) in [5.74, 6) is -2.04. The van der Waals surface area contributed by atoms with Gasteiger partial charge in [0.2, 0.25) is 5.91 Å². The van der Waals surface area contributed by atoms with Crippen LogP contribution in [0.1, 0.15) is 63.9 Å². The summed E-state index contributed by atoms with van der Waals surface area (Å²) in [5, 5.41) is 5.03. The van der Waals surface area contributed by atoms with Gasteiger partial charge in [-0.25, -0.2) is 9.59 Å². The molecule has 0 saturated carbocycles. The topological polar surface area (TPSA) is 120 Å². The van der Waals surface area contributed by atoms with Crippen molar-refractivity contribution in [3.8, 4) is 0 Å². The highest BCUT2D eigenvalue weighted by Gasteiger charge is 2.29. The maximum Gasteiger partial charge on any atom is 0.408 e. The molecule has 2 rings (SSSR count). The predicted molar refractivity (Wildman–Crippen MR) is 134 cm³/mol. The number of hydrogen-bond acceptors (Lipinski definition) is 7. The first kappa shape index (κ1) is 28.4. The van der Waals surface area contributed by atoms with Crippen molar-refractivity contribution in [2.45, 2.75) is 71.8 Å². The molecular formula is C27H34N2O7. The van der Waals surface area contributed by atoms with Gasteiger partial charge in [0.05, 0.1) is 17.7 Å². The summed E-state index contributed by atoms with van der Waals surface area (Å²) in [6, 6.07) is 14.0. The van der Waals surface area contributed by atoms with Gasteiger partial charge < -0.3 is 24.8 Å². The zero-order valence-corrected chi connectivity index (χ0v) is 21.5. The van der Waals surface area contributed by atoms with E-state index in [0.717, 1.165) is 5.56 Å². The van der Waals surface area contributed by atoms with E-state index >= 15 is 0 Å². The number of nitrogens with one attached hydrogen (secondary N) is 2. The summed E-state index contributed by atoms with van der Waals surface area (Å²) in [6.07, 6.45) is -1.33. The van der Waals surface area contributed by atoms with Crippen molar-refractivity contribution < 1.29 is 33.4 Å². The smallest absolute Gasteiger partial charge is 0.408 e. The van der Waals surface area contributed by atoms with Gasteiger partial charge in [-0.3, -0.25) is 9.59 Å². The molecule has 0 bridgehead atoms. The minimum absolute atomic E-state index is 0.0189. The molecule has 0 fully saturated rings. The van der Waals surface area contributed by atoms with Gasteiger partial charge >= 0.3 is 18.0 Å². The van der Waals surface area contributed by atoms with Crippen molar-refractivity contribution in [3.05, 3.63) is 65.7 Å². The Kier molecular flexibility index (Phi) is 9.60. The quantitative estimate of drug-likeness (QED) is 0.403. The van der Waals surface area contributed by atoms with Crippen LogP contribution in [0, 0.1) is 0 Å². The number of alkyl carbamates (subject to hydrolysis) is 1. The number of rotatable bonds is 8. The van der Waals surface area contributed by atoms with Gasteiger partial charge in [0, 0.05) is 0 Å². The fourth-order valence-electron chi connectivity index (χ4n) is 2.99. The highest BCUT2D eigenvalue weighted by atomic mass is 16.6. The molecule has 9 heteroatoms. The lowest BCUT2D eigenvalue weighted by Gasteiger charge is -2.23. The van der Waals surface area contributed by atoms with E-state index in [0.29, 0.717) is 0 Å². The van der Waals surface area contributed by atoms with Gasteiger partial charge in [-0.05, 0) is 59.2 Å². The standard InChI is InChI=1S/C27H34N2O7/c1-26(2,3)35-22(30)16-21(29-25(33)34-17-18-12-8-7-9-13-18)23(31)28-20-15-11-10-14-19(20)24(32)36-27(4,5)6/h7-15,21H,16-17H2,1-6H3,(H,28,31)(H,29,33). The monoisotopic (exact) mass is 498 g/mol. The number of anilines is 1. The Morgan fingerprint density at radius 3 is 2.00 bits per heavy atom. The maximum absolute atomic E-state index is 13.1. The average molecular weight is 499 g/mol. The van der Waals surface area contributed by atoms with Crippen molar-refractivity contribution in [2.24, 2.45) is 0 Å². The molecule has 0 radical (unpaired) electrons. The largest absolute Gasteiger partial charge is 0.460 e. The number of hydrogen-bond donors (Lipinski definition) is 2. The Labute approximate surface area is 211 Å². The van der Waals surface area contributed by atoms with E-state index in [1.165, 1.54) is 12.1 Å². The number of benzene rings is 2. The molecule has 36 heavy (non-hydrogen) atoms. The lowest BCUT2D eigenvalue weighted by Crippen LogP contribution is -2.46. The summed E-state index contributed by atoms with van der Waals surface area (Å²) in [4.78, 5) is 50.7. The van der Waals surface area contributed by atoms with Crippen LogP contribution in [0.3, 0.4) is 0 Å². The summed E-state index contributed by atoms with van der Waals surface area (Å²) < 4.78 is 15.9. The van der Waals surface area contributed by atoms with E-state index in [2.05, 4.69) is 10.6 Å². The van der Waals surface area contributed by atoms with Crippen LogP contribution in [-0.4, -0.2) is 41.2 Å². The van der Waals surface area contributed by atoms with Crippen LogP contribution in [0.25, 0.3) is 0 Å². The van der Waals surface area contributed by atoms with Crippen molar-refractivity contribution in [1.82, 2.24) is 5.32 Å². The molecule has 0 saturated heterocycles. The SMILES string of the molecule is CC(C)(C)OC(=O)CC(NC(=O)OCc1ccccc1)C(=O)Nc1ccccc1C(=O)OC(C)(C)C. The van der Waals surface area contributed by atoms with Crippen molar-refractivity contribution in [1.29, 1.82) is 0 Å². The second kappa shape index (κ2) is 12.2. The third-order valence-electron chi connectivity index (χ3n) is 4.42. The molecule has 0 aliphatic carbocycles. The lowest BCUT2D eigenvalue weighted by molar-refractivity contribution is -0.156. The van der Waals surface area contributed by atoms with E-state index in [-0.39, 0.29) is 17.9 Å². The molecule has 2 amide bonds. The fraction of sp³-hybridized carbons (Fsp3) is 0.407. The summed E-state index contributed by atoms with van der Waals surface area (Å²) >= 11 is 0. The molecule has 0 aliphatic heterocycles.